The standard InChI is InChI=1S/C9H20N2O/c1-6-9(4,5)8(12)11-10-7(2)3/h7,10H,6H2,1-5H3,(H,11,12). The number of rotatable bonds is 4. The summed E-state index contributed by atoms with van der Waals surface area (Å²) < 4.78 is 0. The lowest BCUT2D eigenvalue weighted by molar-refractivity contribution is -0.130. The third-order valence-corrected chi connectivity index (χ3v) is 1.97. The first-order valence-corrected chi connectivity index (χ1v) is 4.46. The highest BCUT2D eigenvalue weighted by molar-refractivity contribution is 5.81. The molecule has 0 aromatic carbocycles. The molecule has 0 aliphatic carbocycles. The van der Waals surface area contributed by atoms with Crippen molar-refractivity contribution in [3.63, 3.8) is 0 Å². The summed E-state index contributed by atoms with van der Waals surface area (Å²) in [6.45, 7) is 9.85. The zero-order valence-corrected chi connectivity index (χ0v) is 8.69. The van der Waals surface area contributed by atoms with Gasteiger partial charge >= 0.3 is 0 Å². The van der Waals surface area contributed by atoms with Crippen LogP contribution in [0.15, 0.2) is 0 Å². The Morgan fingerprint density at radius 3 is 2.25 bits per heavy atom. The van der Waals surface area contributed by atoms with Crippen LogP contribution in [0.1, 0.15) is 41.0 Å². The van der Waals surface area contributed by atoms with Crippen LogP contribution >= 0.6 is 0 Å². The number of hydrogen-bond donors (Lipinski definition) is 2. The maximum absolute atomic E-state index is 11.4. The molecule has 0 spiro atoms. The quantitative estimate of drug-likeness (QED) is 0.630. The molecule has 0 atom stereocenters. The third-order valence-electron chi connectivity index (χ3n) is 1.97. The Hall–Kier alpha value is -0.570. The molecule has 0 fully saturated rings. The molecule has 3 heteroatoms. The van der Waals surface area contributed by atoms with Crippen molar-refractivity contribution >= 4 is 5.91 Å². The summed E-state index contributed by atoms with van der Waals surface area (Å²) in [5.41, 5.74) is 5.29. The van der Waals surface area contributed by atoms with Gasteiger partial charge in [-0.1, -0.05) is 20.8 Å². The second-order valence-corrected chi connectivity index (χ2v) is 3.99. The molecule has 0 bridgehead atoms. The van der Waals surface area contributed by atoms with Gasteiger partial charge in [0.05, 0.1) is 0 Å². The zero-order valence-electron chi connectivity index (χ0n) is 8.69. The first-order chi connectivity index (χ1) is 5.40. The molecule has 12 heavy (non-hydrogen) atoms. The van der Waals surface area contributed by atoms with E-state index in [1.165, 1.54) is 0 Å². The van der Waals surface area contributed by atoms with Gasteiger partial charge in [-0.2, -0.15) is 0 Å². The van der Waals surface area contributed by atoms with Crippen LogP contribution in [-0.2, 0) is 4.79 Å². The Kier molecular flexibility index (Phi) is 4.24. The lowest BCUT2D eigenvalue weighted by Crippen LogP contribution is -2.47. The topological polar surface area (TPSA) is 41.1 Å². The molecule has 0 heterocycles. The molecule has 0 unspecified atom stereocenters. The van der Waals surface area contributed by atoms with E-state index in [0.717, 1.165) is 6.42 Å². The van der Waals surface area contributed by atoms with Crippen LogP contribution < -0.4 is 10.9 Å². The van der Waals surface area contributed by atoms with Gasteiger partial charge in [0, 0.05) is 11.5 Å². The van der Waals surface area contributed by atoms with Crippen LogP contribution in [0.4, 0.5) is 0 Å². The zero-order chi connectivity index (χ0) is 9.78. The molecular formula is C9H20N2O. The van der Waals surface area contributed by atoms with Crippen molar-refractivity contribution in [2.24, 2.45) is 5.41 Å². The fraction of sp³-hybridized carbons (Fsp3) is 0.889. The maximum Gasteiger partial charge on any atom is 0.239 e. The van der Waals surface area contributed by atoms with Crippen LogP contribution in [0.25, 0.3) is 0 Å². The van der Waals surface area contributed by atoms with Gasteiger partial charge in [0.2, 0.25) is 5.91 Å². The molecule has 0 rings (SSSR count). The number of hydrogen-bond acceptors (Lipinski definition) is 2. The SMILES string of the molecule is CCC(C)(C)C(=O)NNC(C)C. The van der Waals surface area contributed by atoms with E-state index >= 15 is 0 Å². The molecule has 2 N–H and O–H groups in total. The molecule has 72 valence electrons. The van der Waals surface area contributed by atoms with Gasteiger partial charge in [-0.15, -0.1) is 0 Å². The molecule has 3 nitrogen and oxygen atoms in total. The van der Waals surface area contributed by atoms with E-state index in [4.69, 9.17) is 0 Å². The number of nitrogens with one attached hydrogen (secondary N) is 2. The molecule has 0 aromatic heterocycles. The molecule has 0 radical (unpaired) electrons. The number of hydrazine groups is 1. The van der Waals surface area contributed by atoms with Gasteiger partial charge in [-0.05, 0) is 20.3 Å². The van der Waals surface area contributed by atoms with E-state index < -0.39 is 0 Å². The molecule has 0 aliphatic heterocycles. The van der Waals surface area contributed by atoms with E-state index in [9.17, 15) is 4.79 Å². The lowest BCUT2D eigenvalue weighted by Gasteiger charge is -2.22. The third kappa shape index (κ3) is 3.72. The summed E-state index contributed by atoms with van der Waals surface area (Å²) in [5.74, 6) is 0.0544. The van der Waals surface area contributed by atoms with E-state index in [-0.39, 0.29) is 17.4 Å². The second-order valence-electron chi connectivity index (χ2n) is 3.99. The lowest BCUT2D eigenvalue weighted by atomic mass is 9.90. The first-order valence-electron chi connectivity index (χ1n) is 4.46. The molecule has 0 saturated heterocycles. The minimum absolute atomic E-state index is 0.0544. The Morgan fingerprint density at radius 1 is 1.42 bits per heavy atom. The largest absolute Gasteiger partial charge is 0.291 e. The van der Waals surface area contributed by atoms with Crippen molar-refractivity contribution < 1.29 is 4.79 Å². The maximum atomic E-state index is 11.4. The van der Waals surface area contributed by atoms with Crippen LogP contribution in [0.2, 0.25) is 0 Å². The van der Waals surface area contributed by atoms with Gasteiger partial charge in [0.15, 0.2) is 0 Å². The molecule has 0 saturated carbocycles. The molecule has 0 aliphatic rings. The van der Waals surface area contributed by atoms with Gasteiger partial charge in [-0.3, -0.25) is 10.2 Å². The minimum Gasteiger partial charge on any atom is -0.291 e. The van der Waals surface area contributed by atoms with E-state index in [2.05, 4.69) is 10.9 Å². The Labute approximate surface area is 74.9 Å². The monoisotopic (exact) mass is 172 g/mol. The van der Waals surface area contributed by atoms with Crippen LogP contribution in [0, 0.1) is 5.41 Å². The normalized spacial score (nSPS) is 11.8. The Balaban J connectivity index is 3.88. The summed E-state index contributed by atoms with van der Waals surface area (Å²) in [7, 11) is 0. The minimum atomic E-state index is -0.276. The van der Waals surface area contributed by atoms with Crippen LogP contribution in [0.3, 0.4) is 0 Å². The summed E-state index contributed by atoms with van der Waals surface area (Å²) in [6.07, 6.45) is 0.846. The Morgan fingerprint density at radius 2 is 1.92 bits per heavy atom. The smallest absolute Gasteiger partial charge is 0.239 e. The average Bonchev–Trinajstić information content (AvgIpc) is 2.00. The van der Waals surface area contributed by atoms with Crippen molar-refractivity contribution in [1.82, 2.24) is 10.9 Å². The highest BCUT2D eigenvalue weighted by atomic mass is 16.2. The van der Waals surface area contributed by atoms with Crippen molar-refractivity contribution in [2.75, 3.05) is 0 Å². The fourth-order valence-corrected chi connectivity index (χ4v) is 0.540. The summed E-state index contributed by atoms with van der Waals surface area (Å²) in [5, 5.41) is 0. The number of carbonyl (C=O) groups is 1. The first kappa shape index (κ1) is 11.4. The molecule has 1 amide bonds. The summed E-state index contributed by atoms with van der Waals surface area (Å²) in [4.78, 5) is 11.4. The van der Waals surface area contributed by atoms with Crippen molar-refractivity contribution in [3.8, 4) is 0 Å². The van der Waals surface area contributed by atoms with Gasteiger partial charge in [-0.25, -0.2) is 5.43 Å². The second kappa shape index (κ2) is 4.45. The molecule has 0 aromatic rings. The summed E-state index contributed by atoms with van der Waals surface area (Å²) in [6, 6.07) is 0.279. The fourth-order valence-electron chi connectivity index (χ4n) is 0.540. The average molecular weight is 172 g/mol. The molecular weight excluding hydrogens is 152 g/mol. The van der Waals surface area contributed by atoms with Crippen LogP contribution in [-0.4, -0.2) is 11.9 Å². The van der Waals surface area contributed by atoms with Gasteiger partial charge in [0.1, 0.15) is 0 Å². The highest BCUT2D eigenvalue weighted by Gasteiger charge is 2.24. The van der Waals surface area contributed by atoms with E-state index in [0.29, 0.717) is 0 Å². The van der Waals surface area contributed by atoms with E-state index in [1.807, 2.05) is 34.6 Å². The number of amides is 1. The van der Waals surface area contributed by atoms with Crippen molar-refractivity contribution in [1.29, 1.82) is 0 Å². The predicted molar refractivity (Wildman–Crippen MR) is 50.5 cm³/mol. The van der Waals surface area contributed by atoms with Crippen molar-refractivity contribution in [3.05, 3.63) is 0 Å². The van der Waals surface area contributed by atoms with Gasteiger partial charge < -0.3 is 0 Å². The van der Waals surface area contributed by atoms with Crippen molar-refractivity contribution in [2.45, 2.75) is 47.1 Å². The number of carbonyl (C=O) groups excluding carboxylic acids is 1. The predicted octanol–water partition coefficient (Wildman–Crippen LogP) is 1.45. The van der Waals surface area contributed by atoms with Gasteiger partial charge in [0.25, 0.3) is 0 Å². The highest BCUT2D eigenvalue weighted by Crippen LogP contribution is 2.18. The Bertz CT molecular complexity index is 153. The van der Waals surface area contributed by atoms with E-state index in [1.54, 1.807) is 0 Å². The van der Waals surface area contributed by atoms with Crippen LogP contribution in [0.5, 0.6) is 0 Å². The summed E-state index contributed by atoms with van der Waals surface area (Å²) >= 11 is 0.